The molecule has 0 aliphatic heterocycles. The Bertz CT molecular complexity index is 3170. The summed E-state index contributed by atoms with van der Waals surface area (Å²) in [6, 6.07) is 64.5. The second-order valence-corrected chi connectivity index (χ2v) is 13.6. The topological polar surface area (TPSA) is 35.4 Å². The Morgan fingerprint density at radius 2 is 1.15 bits per heavy atom. The zero-order valence-corrected chi connectivity index (χ0v) is 28.6. The maximum atomic E-state index is 6.71. The van der Waals surface area contributed by atoms with E-state index in [2.05, 4.69) is 185 Å². The molecule has 0 aliphatic rings. The fourth-order valence-corrected chi connectivity index (χ4v) is 8.17. The Labute approximate surface area is 305 Å². The summed E-state index contributed by atoms with van der Waals surface area (Å²) >= 11 is 0. The highest BCUT2D eigenvalue weighted by Crippen LogP contribution is 2.43. The molecule has 4 heteroatoms. The van der Waals surface area contributed by atoms with E-state index in [1.807, 2.05) is 12.1 Å². The third-order valence-electron chi connectivity index (χ3n) is 10.5. The van der Waals surface area contributed by atoms with Crippen LogP contribution < -0.4 is 0 Å². The van der Waals surface area contributed by atoms with Gasteiger partial charge in [0.25, 0.3) is 0 Å². The molecule has 0 saturated heterocycles. The summed E-state index contributed by atoms with van der Waals surface area (Å²) in [5.74, 6) is 0. The standard InChI is InChI=1S/C49H31N3O/c1-3-14-32(15-4-1)34-18-12-21-37(29-34)52-42-24-8-7-22-39(42)40-30-41-45(31-43(40)52)53-44-25-13-23-38(47(41)44)35-19-11-20-36(28-35)49-48(33-16-5-2-6-17-33)50-46-26-9-10-27-51(46)49/h1-31H. The number of fused-ring (bicyclic) bond motifs is 7. The molecule has 0 amide bonds. The quantitative estimate of drug-likeness (QED) is 0.182. The van der Waals surface area contributed by atoms with Gasteiger partial charge in [-0.3, -0.25) is 4.40 Å². The van der Waals surface area contributed by atoms with E-state index in [1.54, 1.807) is 0 Å². The van der Waals surface area contributed by atoms with E-state index in [9.17, 15) is 0 Å². The van der Waals surface area contributed by atoms with Crippen molar-refractivity contribution in [2.75, 3.05) is 0 Å². The summed E-state index contributed by atoms with van der Waals surface area (Å²) in [6.45, 7) is 0. The Balaban J connectivity index is 1.11. The minimum absolute atomic E-state index is 0.868. The highest BCUT2D eigenvalue weighted by molar-refractivity contribution is 6.20. The summed E-state index contributed by atoms with van der Waals surface area (Å²) in [7, 11) is 0. The maximum Gasteiger partial charge on any atom is 0.137 e. The molecule has 4 nitrogen and oxygen atoms in total. The van der Waals surface area contributed by atoms with Gasteiger partial charge in [-0.05, 0) is 70.8 Å². The molecule has 0 unspecified atom stereocenters. The molecule has 0 N–H and O–H groups in total. The molecule has 0 spiro atoms. The highest BCUT2D eigenvalue weighted by atomic mass is 16.3. The van der Waals surface area contributed by atoms with Gasteiger partial charge in [0.05, 0.1) is 22.4 Å². The third-order valence-corrected chi connectivity index (χ3v) is 10.5. The summed E-state index contributed by atoms with van der Waals surface area (Å²) in [6.07, 6.45) is 2.10. The number of rotatable bonds is 5. The average Bonchev–Trinajstić information content (AvgIpc) is 3.90. The predicted molar refractivity (Wildman–Crippen MR) is 219 cm³/mol. The Morgan fingerprint density at radius 3 is 2.04 bits per heavy atom. The second-order valence-electron chi connectivity index (χ2n) is 13.6. The van der Waals surface area contributed by atoms with Crippen molar-refractivity contribution >= 4 is 49.4 Å². The average molecular weight is 678 g/mol. The van der Waals surface area contributed by atoms with Crippen molar-refractivity contribution in [3.63, 3.8) is 0 Å². The Hall–Kier alpha value is -7.17. The van der Waals surface area contributed by atoms with E-state index in [4.69, 9.17) is 9.40 Å². The van der Waals surface area contributed by atoms with Gasteiger partial charge in [-0.15, -0.1) is 0 Å². The molecule has 4 heterocycles. The molecule has 11 aromatic rings. The smallest absolute Gasteiger partial charge is 0.137 e. The molecule has 11 rings (SSSR count). The molecule has 0 atom stereocenters. The summed E-state index contributed by atoms with van der Waals surface area (Å²) in [5, 5.41) is 4.63. The number of furan rings is 1. The number of hydrogen-bond acceptors (Lipinski definition) is 2. The van der Waals surface area contributed by atoms with Crippen LogP contribution in [0.2, 0.25) is 0 Å². The van der Waals surface area contributed by atoms with Crippen molar-refractivity contribution in [3.8, 4) is 50.5 Å². The number of hydrogen-bond donors (Lipinski definition) is 0. The van der Waals surface area contributed by atoms with Crippen molar-refractivity contribution in [1.82, 2.24) is 14.0 Å². The van der Waals surface area contributed by atoms with E-state index in [-0.39, 0.29) is 0 Å². The van der Waals surface area contributed by atoms with Crippen LogP contribution in [0.4, 0.5) is 0 Å². The van der Waals surface area contributed by atoms with Crippen LogP contribution in [0, 0.1) is 0 Å². The first kappa shape index (κ1) is 29.5. The normalized spacial score (nSPS) is 11.8. The summed E-state index contributed by atoms with van der Waals surface area (Å²) < 4.78 is 11.3. The lowest BCUT2D eigenvalue weighted by Gasteiger charge is -2.10. The van der Waals surface area contributed by atoms with Crippen LogP contribution in [-0.4, -0.2) is 14.0 Å². The number of benzene rings is 7. The molecular weight excluding hydrogens is 647 g/mol. The van der Waals surface area contributed by atoms with E-state index >= 15 is 0 Å². The SMILES string of the molecule is c1ccc(-c2cccc(-n3c4ccccc4c4cc5c(cc43)oc3cccc(-c4cccc(-c6c(-c7ccccc7)nc7ccccn67)c4)c35)c2)cc1. The molecule has 0 fully saturated rings. The molecular formula is C49H31N3O. The molecule has 7 aromatic carbocycles. The Kier molecular flexibility index (Phi) is 6.52. The van der Waals surface area contributed by atoms with Crippen LogP contribution in [0.3, 0.4) is 0 Å². The minimum Gasteiger partial charge on any atom is -0.456 e. The van der Waals surface area contributed by atoms with Gasteiger partial charge in [0.15, 0.2) is 0 Å². The van der Waals surface area contributed by atoms with E-state index < -0.39 is 0 Å². The first-order valence-electron chi connectivity index (χ1n) is 18.0. The number of para-hydroxylation sites is 1. The zero-order valence-electron chi connectivity index (χ0n) is 28.6. The van der Waals surface area contributed by atoms with Gasteiger partial charge in [0, 0.05) is 50.6 Å². The van der Waals surface area contributed by atoms with Crippen molar-refractivity contribution in [2.24, 2.45) is 0 Å². The molecule has 248 valence electrons. The van der Waals surface area contributed by atoms with Gasteiger partial charge in [0.2, 0.25) is 0 Å². The fraction of sp³-hybridized carbons (Fsp3) is 0. The molecule has 0 bridgehead atoms. The molecule has 4 aromatic heterocycles. The lowest BCUT2D eigenvalue weighted by atomic mass is 9.96. The molecule has 53 heavy (non-hydrogen) atoms. The lowest BCUT2D eigenvalue weighted by molar-refractivity contribution is 0.669. The first-order valence-corrected chi connectivity index (χ1v) is 18.0. The van der Waals surface area contributed by atoms with Crippen molar-refractivity contribution in [2.45, 2.75) is 0 Å². The van der Waals surface area contributed by atoms with Gasteiger partial charge in [-0.2, -0.15) is 0 Å². The maximum absolute atomic E-state index is 6.71. The first-order chi connectivity index (χ1) is 26.3. The van der Waals surface area contributed by atoms with Crippen LogP contribution in [0.25, 0.3) is 99.8 Å². The van der Waals surface area contributed by atoms with E-state index in [1.165, 1.54) is 27.4 Å². The fourth-order valence-electron chi connectivity index (χ4n) is 8.17. The largest absolute Gasteiger partial charge is 0.456 e. The zero-order chi connectivity index (χ0) is 34.9. The number of imidazole rings is 1. The monoisotopic (exact) mass is 677 g/mol. The number of aromatic nitrogens is 3. The second kappa shape index (κ2) is 11.7. The number of nitrogens with zero attached hydrogens (tertiary/aromatic N) is 3. The van der Waals surface area contributed by atoms with Crippen LogP contribution in [0.5, 0.6) is 0 Å². The lowest BCUT2D eigenvalue weighted by Crippen LogP contribution is -1.94. The molecule has 0 aliphatic carbocycles. The van der Waals surface area contributed by atoms with Crippen LogP contribution in [0.1, 0.15) is 0 Å². The van der Waals surface area contributed by atoms with Gasteiger partial charge < -0.3 is 8.98 Å². The molecule has 0 radical (unpaired) electrons. The Morgan fingerprint density at radius 1 is 0.434 bits per heavy atom. The van der Waals surface area contributed by atoms with E-state index in [0.717, 1.165) is 72.4 Å². The van der Waals surface area contributed by atoms with Crippen molar-refractivity contribution < 1.29 is 4.42 Å². The van der Waals surface area contributed by atoms with E-state index in [0.29, 0.717) is 0 Å². The van der Waals surface area contributed by atoms with Crippen molar-refractivity contribution in [3.05, 3.63) is 188 Å². The van der Waals surface area contributed by atoms with Crippen LogP contribution in [-0.2, 0) is 0 Å². The highest BCUT2D eigenvalue weighted by Gasteiger charge is 2.20. The minimum atomic E-state index is 0.868. The van der Waals surface area contributed by atoms with Gasteiger partial charge in [0.1, 0.15) is 16.8 Å². The van der Waals surface area contributed by atoms with Gasteiger partial charge in [-0.1, -0.05) is 127 Å². The summed E-state index contributed by atoms with van der Waals surface area (Å²) in [5.41, 5.74) is 14.9. The molecule has 0 saturated carbocycles. The van der Waals surface area contributed by atoms with Gasteiger partial charge >= 0.3 is 0 Å². The van der Waals surface area contributed by atoms with Gasteiger partial charge in [-0.25, -0.2) is 4.98 Å². The number of pyridine rings is 1. The van der Waals surface area contributed by atoms with Crippen molar-refractivity contribution in [1.29, 1.82) is 0 Å². The third kappa shape index (κ3) is 4.66. The van der Waals surface area contributed by atoms with Crippen LogP contribution in [0.15, 0.2) is 193 Å². The summed E-state index contributed by atoms with van der Waals surface area (Å²) in [4.78, 5) is 5.09. The van der Waals surface area contributed by atoms with Crippen LogP contribution >= 0.6 is 0 Å². The predicted octanol–water partition coefficient (Wildman–Crippen LogP) is 13.0.